The Bertz CT molecular complexity index is 419. The molecule has 0 amide bonds. The minimum Gasteiger partial charge on any atom is -0.395 e. The zero-order valence-corrected chi connectivity index (χ0v) is 10.7. The Morgan fingerprint density at radius 1 is 1.59 bits per heavy atom. The summed E-state index contributed by atoms with van der Waals surface area (Å²) in [5, 5.41) is 11.4. The van der Waals surface area contributed by atoms with Crippen LogP contribution in [0.2, 0.25) is 0 Å². The molecule has 0 radical (unpaired) electrons. The fraction of sp³-hybridized carbons (Fsp3) is 0.538. The Labute approximate surface area is 106 Å². The van der Waals surface area contributed by atoms with Crippen molar-refractivity contribution in [3.05, 3.63) is 21.9 Å². The summed E-state index contributed by atoms with van der Waals surface area (Å²) in [6.45, 7) is 2.64. The number of thiophene rings is 1. The third-order valence-corrected chi connectivity index (χ3v) is 4.03. The van der Waals surface area contributed by atoms with Crippen molar-refractivity contribution in [2.24, 2.45) is 5.73 Å². The van der Waals surface area contributed by atoms with Crippen LogP contribution in [0.5, 0.6) is 0 Å². The maximum atomic E-state index is 9.29. The number of hydrogen-bond acceptors (Lipinski definition) is 4. The molecule has 1 fully saturated rings. The highest BCUT2D eigenvalue weighted by atomic mass is 32.1. The van der Waals surface area contributed by atoms with Crippen LogP contribution < -0.4 is 5.73 Å². The van der Waals surface area contributed by atoms with Gasteiger partial charge in [0, 0.05) is 23.0 Å². The molecule has 2 rings (SSSR count). The first-order chi connectivity index (χ1) is 8.35. The highest BCUT2D eigenvalue weighted by Crippen LogP contribution is 2.24. The molecule has 1 aliphatic rings. The Morgan fingerprint density at radius 2 is 2.47 bits per heavy atom. The minimum absolute atomic E-state index is 0.259. The van der Waals surface area contributed by atoms with Crippen molar-refractivity contribution in [1.29, 1.82) is 0 Å². The Hall–Kier alpha value is -0.860. The summed E-state index contributed by atoms with van der Waals surface area (Å²) in [7, 11) is 0. The Balaban J connectivity index is 2.05. The second-order valence-electron chi connectivity index (χ2n) is 4.21. The average Bonchev–Trinajstić information content (AvgIpc) is 2.96. The van der Waals surface area contributed by atoms with Crippen LogP contribution in [-0.2, 0) is 6.54 Å². The van der Waals surface area contributed by atoms with Gasteiger partial charge in [-0.1, -0.05) is 11.8 Å². The first kappa shape index (κ1) is 12.6. The molecule has 0 spiro atoms. The number of likely N-dealkylation sites (tertiary alicyclic amines) is 1. The van der Waals surface area contributed by atoms with Crippen LogP contribution in [0.25, 0.3) is 0 Å². The minimum atomic E-state index is 0.259. The van der Waals surface area contributed by atoms with Crippen LogP contribution in [0.3, 0.4) is 0 Å². The first-order valence-electron chi connectivity index (χ1n) is 5.95. The van der Waals surface area contributed by atoms with E-state index in [1.54, 1.807) is 11.3 Å². The quantitative estimate of drug-likeness (QED) is 0.787. The van der Waals surface area contributed by atoms with Gasteiger partial charge >= 0.3 is 0 Å². The number of hydrogen-bond donors (Lipinski definition) is 2. The van der Waals surface area contributed by atoms with Crippen LogP contribution >= 0.6 is 11.3 Å². The molecule has 0 aromatic carbocycles. The lowest BCUT2D eigenvalue weighted by atomic mass is 10.2. The lowest BCUT2D eigenvalue weighted by molar-refractivity contribution is 0.154. The van der Waals surface area contributed by atoms with Crippen molar-refractivity contribution in [3.8, 4) is 11.8 Å². The summed E-state index contributed by atoms with van der Waals surface area (Å²) in [4.78, 5) is 3.63. The summed E-state index contributed by atoms with van der Waals surface area (Å²) >= 11 is 1.73. The van der Waals surface area contributed by atoms with Crippen LogP contribution in [0.15, 0.2) is 11.4 Å². The van der Waals surface area contributed by atoms with E-state index in [1.165, 1.54) is 11.3 Å². The number of aliphatic hydroxyl groups excluding tert-OH is 1. The first-order valence-corrected chi connectivity index (χ1v) is 6.83. The van der Waals surface area contributed by atoms with Crippen LogP contribution in [-0.4, -0.2) is 35.7 Å². The Kier molecular flexibility index (Phi) is 4.57. The second-order valence-corrected chi connectivity index (χ2v) is 5.21. The van der Waals surface area contributed by atoms with E-state index in [0.29, 0.717) is 12.6 Å². The SMILES string of the molecule is NCC#Cc1ccsc1CN1CCCC1CO. The van der Waals surface area contributed by atoms with E-state index in [2.05, 4.69) is 22.1 Å². The number of rotatable bonds is 3. The van der Waals surface area contributed by atoms with Gasteiger partial charge in [0.15, 0.2) is 0 Å². The van der Waals surface area contributed by atoms with Crippen LogP contribution in [0, 0.1) is 11.8 Å². The van der Waals surface area contributed by atoms with E-state index in [-0.39, 0.29) is 6.61 Å². The summed E-state index contributed by atoms with van der Waals surface area (Å²) in [6.07, 6.45) is 2.28. The summed E-state index contributed by atoms with van der Waals surface area (Å²) in [6, 6.07) is 2.37. The second kappa shape index (κ2) is 6.18. The fourth-order valence-electron chi connectivity index (χ4n) is 2.22. The van der Waals surface area contributed by atoms with Gasteiger partial charge < -0.3 is 10.8 Å². The molecule has 0 bridgehead atoms. The zero-order chi connectivity index (χ0) is 12.1. The molecule has 0 saturated carbocycles. The molecule has 17 heavy (non-hydrogen) atoms. The summed E-state index contributed by atoms with van der Waals surface area (Å²) in [5.41, 5.74) is 6.48. The number of nitrogens with two attached hydrogens (primary N) is 1. The molecular weight excluding hydrogens is 232 g/mol. The number of nitrogens with zero attached hydrogens (tertiary/aromatic N) is 1. The van der Waals surface area contributed by atoms with Crippen molar-refractivity contribution in [3.63, 3.8) is 0 Å². The zero-order valence-electron chi connectivity index (χ0n) is 9.85. The summed E-state index contributed by atoms with van der Waals surface area (Å²) in [5.74, 6) is 6.00. The van der Waals surface area contributed by atoms with Gasteiger partial charge in [-0.15, -0.1) is 11.3 Å². The van der Waals surface area contributed by atoms with Gasteiger partial charge in [0.05, 0.1) is 13.2 Å². The molecule has 92 valence electrons. The molecule has 1 atom stereocenters. The molecule has 1 unspecified atom stereocenters. The largest absolute Gasteiger partial charge is 0.395 e. The van der Waals surface area contributed by atoms with E-state index >= 15 is 0 Å². The highest BCUT2D eigenvalue weighted by molar-refractivity contribution is 7.10. The lowest BCUT2D eigenvalue weighted by Crippen LogP contribution is -2.31. The van der Waals surface area contributed by atoms with E-state index in [1.807, 2.05) is 6.07 Å². The molecule has 2 heterocycles. The van der Waals surface area contributed by atoms with Gasteiger partial charge in [0.2, 0.25) is 0 Å². The van der Waals surface area contributed by atoms with Crippen molar-refractivity contribution in [1.82, 2.24) is 4.90 Å². The highest BCUT2D eigenvalue weighted by Gasteiger charge is 2.24. The molecule has 1 aromatic rings. The summed E-state index contributed by atoms with van der Waals surface area (Å²) < 4.78 is 0. The molecular formula is C13H18N2OS. The third kappa shape index (κ3) is 3.08. The van der Waals surface area contributed by atoms with Crippen LogP contribution in [0.4, 0.5) is 0 Å². The van der Waals surface area contributed by atoms with Gasteiger partial charge in [0.25, 0.3) is 0 Å². The van der Waals surface area contributed by atoms with E-state index in [9.17, 15) is 5.11 Å². The van der Waals surface area contributed by atoms with Crippen molar-refractivity contribution in [2.45, 2.75) is 25.4 Å². The number of aliphatic hydroxyl groups is 1. The maximum absolute atomic E-state index is 9.29. The third-order valence-electron chi connectivity index (χ3n) is 3.13. The van der Waals surface area contributed by atoms with Gasteiger partial charge in [-0.2, -0.15) is 0 Å². The van der Waals surface area contributed by atoms with Crippen LogP contribution in [0.1, 0.15) is 23.3 Å². The smallest absolute Gasteiger partial charge is 0.0587 e. The standard InChI is InChI=1S/C13H18N2OS/c14-6-1-3-11-5-8-17-13(11)9-15-7-2-4-12(15)10-16/h5,8,12,16H,2,4,6-7,9-10,14H2. The molecule has 3 nitrogen and oxygen atoms in total. The average molecular weight is 250 g/mol. The van der Waals surface area contributed by atoms with Gasteiger partial charge in [-0.25, -0.2) is 0 Å². The van der Waals surface area contributed by atoms with Crippen molar-refractivity contribution < 1.29 is 5.11 Å². The van der Waals surface area contributed by atoms with Gasteiger partial charge in [0.1, 0.15) is 0 Å². The Morgan fingerprint density at radius 3 is 3.24 bits per heavy atom. The molecule has 1 saturated heterocycles. The molecule has 3 N–H and O–H groups in total. The lowest BCUT2D eigenvalue weighted by Gasteiger charge is -2.21. The van der Waals surface area contributed by atoms with Gasteiger partial charge in [-0.3, -0.25) is 4.90 Å². The van der Waals surface area contributed by atoms with Gasteiger partial charge in [-0.05, 0) is 30.8 Å². The van der Waals surface area contributed by atoms with Crippen molar-refractivity contribution in [2.75, 3.05) is 19.7 Å². The molecule has 0 aliphatic carbocycles. The van der Waals surface area contributed by atoms with E-state index < -0.39 is 0 Å². The maximum Gasteiger partial charge on any atom is 0.0587 e. The fourth-order valence-corrected chi connectivity index (χ4v) is 3.07. The monoisotopic (exact) mass is 250 g/mol. The predicted octanol–water partition coefficient (Wildman–Crippen LogP) is 1.02. The molecule has 1 aliphatic heterocycles. The molecule has 4 heteroatoms. The normalized spacial score (nSPS) is 20.2. The van der Waals surface area contributed by atoms with Crippen molar-refractivity contribution >= 4 is 11.3 Å². The van der Waals surface area contributed by atoms with E-state index in [4.69, 9.17) is 5.73 Å². The predicted molar refractivity (Wildman–Crippen MR) is 70.8 cm³/mol. The topological polar surface area (TPSA) is 49.5 Å². The van der Waals surface area contributed by atoms with E-state index in [0.717, 1.165) is 25.1 Å². The molecule has 1 aromatic heterocycles.